The van der Waals surface area contributed by atoms with Crippen LogP contribution in [0.2, 0.25) is 0 Å². The quantitative estimate of drug-likeness (QED) is 0.836. The molecule has 0 aromatic rings. The number of piperidine rings is 1. The van der Waals surface area contributed by atoms with Crippen molar-refractivity contribution in [1.82, 2.24) is 4.90 Å². The third kappa shape index (κ3) is 2.42. The third-order valence-electron chi connectivity index (χ3n) is 5.50. The number of nitrogens with zero attached hydrogens (tertiary/aromatic N) is 1. The van der Waals surface area contributed by atoms with Crippen LogP contribution in [0.1, 0.15) is 58.8 Å². The van der Waals surface area contributed by atoms with Gasteiger partial charge >= 0.3 is 5.97 Å². The predicted octanol–water partition coefficient (Wildman–Crippen LogP) is 3.14. The summed E-state index contributed by atoms with van der Waals surface area (Å²) in [6.45, 7) is 6.29. The molecule has 0 radical (unpaired) electrons. The summed E-state index contributed by atoms with van der Waals surface area (Å²) in [4.78, 5) is 14.0. The Morgan fingerprint density at radius 2 is 1.94 bits per heavy atom. The minimum Gasteiger partial charge on any atom is -0.481 e. The second kappa shape index (κ2) is 5.60. The monoisotopic (exact) mass is 253 g/mol. The Kier molecular flexibility index (Phi) is 4.31. The molecule has 104 valence electrons. The van der Waals surface area contributed by atoms with Gasteiger partial charge in [0.25, 0.3) is 0 Å². The molecule has 0 aromatic carbocycles. The highest BCUT2D eigenvalue weighted by atomic mass is 16.4. The summed E-state index contributed by atoms with van der Waals surface area (Å²) in [6, 6.07) is 0.735. The van der Waals surface area contributed by atoms with Crippen molar-refractivity contribution in [1.29, 1.82) is 0 Å². The molecule has 1 aliphatic carbocycles. The van der Waals surface area contributed by atoms with Gasteiger partial charge in [0.15, 0.2) is 0 Å². The first kappa shape index (κ1) is 13.9. The highest BCUT2D eigenvalue weighted by Crippen LogP contribution is 2.39. The van der Waals surface area contributed by atoms with Gasteiger partial charge in [0.2, 0.25) is 0 Å². The van der Waals surface area contributed by atoms with E-state index in [1.54, 1.807) is 0 Å². The zero-order valence-electron chi connectivity index (χ0n) is 11.8. The van der Waals surface area contributed by atoms with E-state index in [0.717, 1.165) is 44.3 Å². The van der Waals surface area contributed by atoms with E-state index in [0.29, 0.717) is 0 Å². The first-order chi connectivity index (χ1) is 8.63. The van der Waals surface area contributed by atoms with Gasteiger partial charge in [0.1, 0.15) is 0 Å². The minimum absolute atomic E-state index is 0.434. The summed E-state index contributed by atoms with van der Waals surface area (Å²) in [5.41, 5.74) is -0.434. The van der Waals surface area contributed by atoms with E-state index in [4.69, 9.17) is 0 Å². The maximum Gasteiger partial charge on any atom is 0.309 e. The standard InChI is InChI=1S/C15H27NO2/c1-3-12-6-5-7-13(12)16-10-8-15(4-2,9-11-16)14(17)18/h12-13H,3-11H2,1-2H3,(H,17,18). The summed E-state index contributed by atoms with van der Waals surface area (Å²) >= 11 is 0. The van der Waals surface area contributed by atoms with Crippen LogP contribution in [0.25, 0.3) is 0 Å². The van der Waals surface area contributed by atoms with Crippen molar-refractivity contribution in [3.63, 3.8) is 0 Å². The van der Waals surface area contributed by atoms with Crippen molar-refractivity contribution in [2.24, 2.45) is 11.3 Å². The van der Waals surface area contributed by atoms with E-state index in [1.807, 2.05) is 6.92 Å². The Morgan fingerprint density at radius 3 is 2.44 bits per heavy atom. The average molecular weight is 253 g/mol. The highest BCUT2D eigenvalue weighted by Gasteiger charge is 2.42. The molecule has 2 unspecified atom stereocenters. The molecule has 1 saturated heterocycles. The number of hydrogen-bond donors (Lipinski definition) is 1. The van der Waals surface area contributed by atoms with Gasteiger partial charge in [0.05, 0.1) is 5.41 Å². The van der Waals surface area contributed by atoms with E-state index in [1.165, 1.54) is 25.7 Å². The smallest absolute Gasteiger partial charge is 0.309 e. The molecule has 2 aliphatic rings. The summed E-state index contributed by atoms with van der Waals surface area (Å²) in [7, 11) is 0. The number of likely N-dealkylation sites (tertiary alicyclic amines) is 1. The lowest BCUT2D eigenvalue weighted by Gasteiger charge is -2.42. The van der Waals surface area contributed by atoms with Gasteiger partial charge in [-0.05, 0) is 51.1 Å². The van der Waals surface area contributed by atoms with Crippen LogP contribution in [-0.2, 0) is 4.79 Å². The van der Waals surface area contributed by atoms with Crippen LogP contribution < -0.4 is 0 Å². The third-order valence-corrected chi connectivity index (χ3v) is 5.50. The Labute approximate surface area is 111 Å². The van der Waals surface area contributed by atoms with Gasteiger partial charge in [-0.15, -0.1) is 0 Å². The lowest BCUT2D eigenvalue weighted by atomic mass is 9.75. The van der Waals surface area contributed by atoms with Crippen LogP contribution in [0.5, 0.6) is 0 Å². The molecular weight excluding hydrogens is 226 g/mol. The lowest BCUT2D eigenvalue weighted by Crippen LogP contribution is -2.48. The summed E-state index contributed by atoms with van der Waals surface area (Å²) < 4.78 is 0. The van der Waals surface area contributed by atoms with Gasteiger partial charge in [-0.1, -0.05) is 26.7 Å². The number of rotatable bonds is 4. The molecule has 3 heteroatoms. The van der Waals surface area contributed by atoms with Crippen molar-refractivity contribution in [2.75, 3.05) is 13.1 Å². The molecule has 1 aliphatic heterocycles. The number of aliphatic carboxylic acids is 1. The van der Waals surface area contributed by atoms with Crippen LogP contribution in [0.3, 0.4) is 0 Å². The van der Waals surface area contributed by atoms with Crippen molar-refractivity contribution in [2.45, 2.75) is 64.8 Å². The largest absolute Gasteiger partial charge is 0.481 e. The molecule has 0 spiro atoms. The lowest BCUT2D eigenvalue weighted by molar-refractivity contribution is -0.152. The molecule has 0 amide bonds. The topological polar surface area (TPSA) is 40.5 Å². The molecule has 1 N–H and O–H groups in total. The number of carboxylic acids is 1. The highest BCUT2D eigenvalue weighted by molar-refractivity contribution is 5.74. The van der Waals surface area contributed by atoms with Crippen LogP contribution in [0.15, 0.2) is 0 Å². The molecule has 1 heterocycles. The molecule has 2 rings (SSSR count). The van der Waals surface area contributed by atoms with Crippen LogP contribution in [-0.4, -0.2) is 35.1 Å². The van der Waals surface area contributed by atoms with Crippen LogP contribution >= 0.6 is 0 Å². The Bertz CT molecular complexity index is 295. The van der Waals surface area contributed by atoms with Gasteiger partial charge in [-0.2, -0.15) is 0 Å². The fourth-order valence-electron chi connectivity index (χ4n) is 3.98. The molecule has 18 heavy (non-hydrogen) atoms. The Morgan fingerprint density at radius 1 is 1.28 bits per heavy atom. The van der Waals surface area contributed by atoms with Crippen LogP contribution in [0, 0.1) is 11.3 Å². The Hall–Kier alpha value is -0.570. The number of hydrogen-bond acceptors (Lipinski definition) is 2. The normalized spacial score (nSPS) is 32.6. The van der Waals surface area contributed by atoms with Gasteiger partial charge in [0, 0.05) is 6.04 Å². The first-order valence-corrected chi connectivity index (χ1v) is 7.60. The summed E-state index contributed by atoms with van der Waals surface area (Å²) in [6.07, 6.45) is 7.78. The average Bonchev–Trinajstić information content (AvgIpc) is 2.86. The van der Waals surface area contributed by atoms with Crippen LogP contribution in [0.4, 0.5) is 0 Å². The SMILES string of the molecule is CCC1CCCC1N1CCC(CC)(C(=O)O)CC1. The first-order valence-electron chi connectivity index (χ1n) is 7.60. The Balaban J connectivity index is 1.95. The van der Waals surface area contributed by atoms with E-state index in [2.05, 4.69) is 11.8 Å². The molecule has 0 bridgehead atoms. The van der Waals surface area contributed by atoms with Gasteiger partial charge < -0.3 is 10.0 Å². The number of carbonyl (C=O) groups is 1. The molecule has 2 fully saturated rings. The van der Waals surface area contributed by atoms with Gasteiger partial charge in [-0.3, -0.25) is 4.79 Å². The van der Waals surface area contributed by atoms with Crippen molar-refractivity contribution in [3.05, 3.63) is 0 Å². The fourth-order valence-corrected chi connectivity index (χ4v) is 3.98. The second-order valence-electron chi connectivity index (χ2n) is 6.14. The van der Waals surface area contributed by atoms with E-state index >= 15 is 0 Å². The molecule has 1 saturated carbocycles. The maximum atomic E-state index is 11.4. The zero-order chi connectivity index (χ0) is 13.2. The molecule has 3 nitrogen and oxygen atoms in total. The van der Waals surface area contributed by atoms with Gasteiger partial charge in [-0.25, -0.2) is 0 Å². The van der Waals surface area contributed by atoms with E-state index in [-0.39, 0.29) is 0 Å². The van der Waals surface area contributed by atoms with E-state index in [9.17, 15) is 9.90 Å². The second-order valence-corrected chi connectivity index (χ2v) is 6.14. The maximum absolute atomic E-state index is 11.4. The van der Waals surface area contributed by atoms with Crippen molar-refractivity contribution >= 4 is 5.97 Å². The molecule has 2 atom stereocenters. The summed E-state index contributed by atoms with van der Waals surface area (Å²) in [5, 5.41) is 9.42. The minimum atomic E-state index is -0.580. The fraction of sp³-hybridized carbons (Fsp3) is 0.933. The summed E-state index contributed by atoms with van der Waals surface area (Å²) in [5.74, 6) is 0.270. The molecular formula is C15H27NO2. The molecule has 0 aromatic heterocycles. The van der Waals surface area contributed by atoms with Crippen molar-refractivity contribution in [3.8, 4) is 0 Å². The van der Waals surface area contributed by atoms with E-state index < -0.39 is 11.4 Å². The van der Waals surface area contributed by atoms with Crippen molar-refractivity contribution < 1.29 is 9.90 Å². The number of carboxylic acid groups (broad SMARTS) is 1. The zero-order valence-corrected chi connectivity index (χ0v) is 11.8. The predicted molar refractivity (Wildman–Crippen MR) is 72.6 cm³/mol.